The molecule has 0 radical (unpaired) electrons. The van der Waals surface area contributed by atoms with Crippen molar-refractivity contribution in [2.45, 2.75) is 25.3 Å². The summed E-state index contributed by atoms with van der Waals surface area (Å²) in [6, 6.07) is 7.45. The summed E-state index contributed by atoms with van der Waals surface area (Å²) in [4.78, 5) is 12.3. The predicted octanol–water partition coefficient (Wildman–Crippen LogP) is 1.99. The standard InChI is InChI=1S/C17H24N2O3.ClH/c1-21-13-4-6-14(7-5-13)22-9-8-19-17(20)15-11-2-3-12(10-11)16(15)18;/h4-7,11-12,15-16H,2-3,8-10,18H2,1H3,(H,19,20);1H. The highest BCUT2D eigenvalue weighted by atomic mass is 35.5. The molecule has 2 fully saturated rings. The van der Waals surface area contributed by atoms with E-state index in [1.807, 2.05) is 24.3 Å². The molecule has 1 aromatic rings. The number of hydrogen-bond donors (Lipinski definition) is 2. The summed E-state index contributed by atoms with van der Waals surface area (Å²) in [6.07, 6.45) is 3.47. The molecule has 4 atom stereocenters. The third-order valence-corrected chi connectivity index (χ3v) is 5.01. The Balaban J connectivity index is 0.00000192. The summed E-state index contributed by atoms with van der Waals surface area (Å²) in [5.41, 5.74) is 6.18. The Kier molecular flexibility index (Phi) is 6.13. The van der Waals surface area contributed by atoms with E-state index in [9.17, 15) is 4.79 Å². The molecular weight excluding hydrogens is 316 g/mol. The number of benzene rings is 1. The van der Waals surface area contributed by atoms with Crippen LogP contribution in [-0.2, 0) is 4.79 Å². The van der Waals surface area contributed by atoms with Crippen LogP contribution in [0.1, 0.15) is 19.3 Å². The monoisotopic (exact) mass is 340 g/mol. The molecule has 23 heavy (non-hydrogen) atoms. The van der Waals surface area contributed by atoms with Crippen molar-refractivity contribution < 1.29 is 14.3 Å². The molecule has 5 nitrogen and oxygen atoms in total. The van der Waals surface area contributed by atoms with Crippen LogP contribution in [0.3, 0.4) is 0 Å². The van der Waals surface area contributed by atoms with E-state index in [1.165, 1.54) is 6.42 Å². The maximum Gasteiger partial charge on any atom is 0.225 e. The number of fused-ring (bicyclic) bond motifs is 2. The van der Waals surface area contributed by atoms with E-state index in [4.69, 9.17) is 15.2 Å². The molecule has 2 bridgehead atoms. The molecule has 3 rings (SSSR count). The van der Waals surface area contributed by atoms with Crippen molar-refractivity contribution in [2.24, 2.45) is 23.5 Å². The summed E-state index contributed by atoms with van der Waals surface area (Å²) in [7, 11) is 1.63. The Bertz CT molecular complexity index is 521. The van der Waals surface area contributed by atoms with Gasteiger partial charge in [0.05, 0.1) is 19.6 Å². The van der Waals surface area contributed by atoms with Crippen molar-refractivity contribution in [3.63, 3.8) is 0 Å². The van der Waals surface area contributed by atoms with E-state index in [-0.39, 0.29) is 30.3 Å². The molecule has 0 heterocycles. The minimum Gasteiger partial charge on any atom is -0.497 e. The minimum absolute atomic E-state index is 0. The lowest BCUT2D eigenvalue weighted by molar-refractivity contribution is -0.127. The minimum atomic E-state index is -0.000244. The Morgan fingerprint density at radius 3 is 2.48 bits per heavy atom. The van der Waals surface area contributed by atoms with Gasteiger partial charge in [-0.2, -0.15) is 0 Å². The highest BCUT2D eigenvalue weighted by molar-refractivity contribution is 5.85. The Morgan fingerprint density at radius 2 is 1.87 bits per heavy atom. The Morgan fingerprint density at radius 1 is 1.22 bits per heavy atom. The summed E-state index contributed by atoms with van der Waals surface area (Å²) >= 11 is 0. The van der Waals surface area contributed by atoms with Gasteiger partial charge in [0.1, 0.15) is 18.1 Å². The van der Waals surface area contributed by atoms with Crippen LogP contribution >= 0.6 is 12.4 Å². The molecule has 2 aliphatic carbocycles. The molecule has 128 valence electrons. The van der Waals surface area contributed by atoms with Crippen LogP contribution in [-0.4, -0.2) is 32.2 Å². The molecule has 0 saturated heterocycles. The van der Waals surface area contributed by atoms with Gasteiger partial charge in [-0.3, -0.25) is 4.79 Å². The van der Waals surface area contributed by atoms with E-state index in [1.54, 1.807) is 7.11 Å². The number of nitrogens with one attached hydrogen (secondary N) is 1. The average Bonchev–Trinajstić information content (AvgIpc) is 3.13. The fraction of sp³-hybridized carbons (Fsp3) is 0.588. The number of carbonyl (C=O) groups excluding carboxylic acids is 1. The molecular formula is C17H25ClN2O3. The zero-order valence-electron chi connectivity index (χ0n) is 13.4. The van der Waals surface area contributed by atoms with E-state index in [0.717, 1.165) is 24.3 Å². The zero-order chi connectivity index (χ0) is 15.5. The van der Waals surface area contributed by atoms with Gasteiger partial charge in [-0.1, -0.05) is 0 Å². The fourth-order valence-corrected chi connectivity index (χ4v) is 3.86. The normalized spacial score (nSPS) is 28.1. The van der Waals surface area contributed by atoms with Gasteiger partial charge in [-0.05, 0) is 55.4 Å². The van der Waals surface area contributed by atoms with Gasteiger partial charge in [0.25, 0.3) is 0 Å². The van der Waals surface area contributed by atoms with Gasteiger partial charge in [-0.15, -0.1) is 12.4 Å². The largest absolute Gasteiger partial charge is 0.497 e. The van der Waals surface area contributed by atoms with E-state index >= 15 is 0 Å². The number of methoxy groups -OCH3 is 1. The molecule has 3 N–H and O–H groups in total. The van der Waals surface area contributed by atoms with Crippen molar-refractivity contribution in [1.29, 1.82) is 0 Å². The van der Waals surface area contributed by atoms with Gasteiger partial charge >= 0.3 is 0 Å². The van der Waals surface area contributed by atoms with Crippen LogP contribution in [0.25, 0.3) is 0 Å². The lowest BCUT2D eigenvalue weighted by atomic mass is 9.84. The maximum atomic E-state index is 12.3. The van der Waals surface area contributed by atoms with Crippen LogP contribution in [0.2, 0.25) is 0 Å². The van der Waals surface area contributed by atoms with Crippen molar-refractivity contribution in [3.8, 4) is 11.5 Å². The number of rotatable bonds is 6. The van der Waals surface area contributed by atoms with Crippen LogP contribution < -0.4 is 20.5 Å². The first-order valence-corrected chi connectivity index (χ1v) is 7.99. The first kappa shape index (κ1) is 17.9. The quantitative estimate of drug-likeness (QED) is 0.777. The topological polar surface area (TPSA) is 73.6 Å². The van der Waals surface area contributed by atoms with Crippen LogP contribution in [0.4, 0.5) is 0 Å². The van der Waals surface area contributed by atoms with Gasteiger partial charge in [0.2, 0.25) is 5.91 Å². The second-order valence-electron chi connectivity index (χ2n) is 6.25. The number of ether oxygens (including phenoxy) is 2. The summed E-state index contributed by atoms with van der Waals surface area (Å²) < 4.78 is 10.7. The molecule has 2 aliphatic rings. The van der Waals surface area contributed by atoms with E-state index in [2.05, 4.69) is 5.32 Å². The highest BCUT2D eigenvalue weighted by Gasteiger charge is 2.48. The fourth-order valence-electron chi connectivity index (χ4n) is 3.86. The number of carbonyl (C=O) groups is 1. The Hall–Kier alpha value is -1.46. The molecule has 1 aromatic carbocycles. The predicted molar refractivity (Wildman–Crippen MR) is 91.0 cm³/mol. The van der Waals surface area contributed by atoms with Gasteiger partial charge < -0.3 is 20.5 Å². The van der Waals surface area contributed by atoms with Crippen molar-refractivity contribution in [3.05, 3.63) is 24.3 Å². The molecule has 6 heteroatoms. The second-order valence-corrected chi connectivity index (χ2v) is 6.25. The molecule has 4 unspecified atom stereocenters. The third kappa shape index (κ3) is 3.90. The number of nitrogens with two attached hydrogens (primary N) is 1. The zero-order valence-corrected chi connectivity index (χ0v) is 14.2. The first-order chi connectivity index (χ1) is 10.7. The summed E-state index contributed by atoms with van der Waals surface area (Å²) in [6.45, 7) is 0.958. The van der Waals surface area contributed by atoms with Crippen molar-refractivity contribution in [2.75, 3.05) is 20.3 Å². The Labute approximate surface area is 143 Å². The molecule has 0 aliphatic heterocycles. The average molecular weight is 341 g/mol. The number of hydrogen-bond acceptors (Lipinski definition) is 4. The molecule has 0 aromatic heterocycles. The summed E-state index contributed by atoms with van der Waals surface area (Å²) in [5.74, 6) is 2.70. The second kappa shape index (κ2) is 7.88. The van der Waals surface area contributed by atoms with E-state index < -0.39 is 0 Å². The van der Waals surface area contributed by atoms with E-state index in [0.29, 0.717) is 25.0 Å². The van der Waals surface area contributed by atoms with Crippen LogP contribution in [0.15, 0.2) is 24.3 Å². The van der Waals surface area contributed by atoms with Gasteiger partial charge in [0.15, 0.2) is 0 Å². The summed E-state index contributed by atoms with van der Waals surface area (Å²) in [5, 5.41) is 2.96. The SMILES string of the molecule is COc1ccc(OCCNC(=O)C2C3CCC(C3)C2N)cc1.Cl. The lowest BCUT2D eigenvalue weighted by Gasteiger charge is -2.27. The van der Waals surface area contributed by atoms with Crippen LogP contribution in [0.5, 0.6) is 11.5 Å². The van der Waals surface area contributed by atoms with Crippen LogP contribution in [0, 0.1) is 17.8 Å². The third-order valence-electron chi connectivity index (χ3n) is 5.01. The smallest absolute Gasteiger partial charge is 0.225 e. The highest BCUT2D eigenvalue weighted by Crippen LogP contribution is 2.47. The van der Waals surface area contributed by atoms with Gasteiger partial charge in [0, 0.05) is 6.04 Å². The number of amides is 1. The lowest BCUT2D eigenvalue weighted by Crippen LogP contribution is -2.46. The molecule has 1 amide bonds. The van der Waals surface area contributed by atoms with Crippen molar-refractivity contribution >= 4 is 18.3 Å². The first-order valence-electron chi connectivity index (χ1n) is 7.99. The van der Waals surface area contributed by atoms with Crippen molar-refractivity contribution in [1.82, 2.24) is 5.32 Å². The van der Waals surface area contributed by atoms with Gasteiger partial charge in [-0.25, -0.2) is 0 Å². The maximum absolute atomic E-state index is 12.3. The number of halogens is 1. The molecule has 0 spiro atoms. The molecule has 2 saturated carbocycles.